The molecular weight excluding hydrogens is 297 g/mol. The van der Waals surface area contributed by atoms with Gasteiger partial charge < -0.3 is 9.88 Å². The van der Waals surface area contributed by atoms with Crippen LogP contribution < -0.4 is 5.32 Å². The molecule has 3 nitrogen and oxygen atoms in total. The summed E-state index contributed by atoms with van der Waals surface area (Å²) in [6.07, 6.45) is 1.99. The molecule has 1 N–H and O–H groups in total. The maximum atomic E-state index is 14.7. The van der Waals surface area contributed by atoms with Gasteiger partial charge in [-0.1, -0.05) is 19.1 Å². The molecule has 0 amide bonds. The molecule has 1 aliphatic rings. The lowest BCUT2D eigenvalue weighted by Crippen LogP contribution is -2.46. The largest absolute Gasteiger partial charge is 0.348 e. The van der Waals surface area contributed by atoms with Crippen LogP contribution in [0.25, 0.3) is 10.9 Å². The molecule has 118 valence electrons. The van der Waals surface area contributed by atoms with Gasteiger partial charge in [-0.05, 0) is 31.7 Å². The molecule has 0 saturated carbocycles. The Morgan fingerprint density at radius 1 is 1.32 bits per heavy atom. The van der Waals surface area contributed by atoms with Gasteiger partial charge in [0.15, 0.2) is 0 Å². The Morgan fingerprint density at radius 3 is 2.86 bits per heavy atom. The molecule has 5 heteroatoms. The molecule has 1 saturated heterocycles. The lowest BCUT2D eigenvalue weighted by atomic mass is 10.0. The monoisotopic (exact) mass is 319 g/mol. The summed E-state index contributed by atoms with van der Waals surface area (Å²) in [5, 5.41) is 4.20. The van der Waals surface area contributed by atoms with Crippen LogP contribution in [0.2, 0.25) is 0 Å². The first-order valence-electron chi connectivity index (χ1n) is 7.93. The second kappa shape index (κ2) is 6.44. The van der Waals surface area contributed by atoms with Crippen molar-refractivity contribution < 1.29 is 4.39 Å². The minimum absolute atomic E-state index is 0.0854. The highest BCUT2D eigenvalue weighted by Crippen LogP contribution is 2.29. The molecule has 2 heterocycles. The first-order valence-corrected chi connectivity index (χ1v) is 8.33. The summed E-state index contributed by atoms with van der Waals surface area (Å²) >= 11 is 5.36. The molecule has 1 fully saturated rings. The summed E-state index contributed by atoms with van der Waals surface area (Å²) in [6, 6.07) is 5.56. The van der Waals surface area contributed by atoms with Gasteiger partial charge in [-0.2, -0.15) is 0 Å². The van der Waals surface area contributed by atoms with Crippen LogP contribution in [0.15, 0.2) is 24.4 Å². The van der Waals surface area contributed by atoms with Crippen LogP contribution in [0.3, 0.4) is 0 Å². The Labute approximate surface area is 135 Å². The SMILES string of the molecule is CCN1CCNCC1c1cc2c(cc1F)c(=S)ccn2CC. The number of hydrogen-bond acceptors (Lipinski definition) is 3. The Bertz CT molecular complexity index is 740. The van der Waals surface area contributed by atoms with Gasteiger partial charge >= 0.3 is 0 Å². The van der Waals surface area contributed by atoms with Crippen LogP contribution in [0.5, 0.6) is 0 Å². The van der Waals surface area contributed by atoms with Crippen molar-refractivity contribution in [3.63, 3.8) is 0 Å². The second-order valence-electron chi connectivity index (χ2n) is 5.71. The van der Waals surface area contributed by atoms with Crippen molar-refractivity contribution in [2.45, 2.75) is 26.4 Å². The average Bonchev–Trinajstić information content (AvgIpc) is 2.55. The maximum absolute atomic E-state index is 14.7. The molecule has 1 aromatic carbocycles. The molecule has 0 aliphatic carbocycles. The van der Waals surface area contributed by atoms with Crippen molar-refractivity contribution in [1.29, 1.82) is 0 Å². The first kappa shape index (κ1) is 15.6. The number of nitrogens with one attached hydrogen (secondary N) is 1. The third-order valence-electron chi connectivity index (χ3n) is 4.56. The van der Waals surface area contributed by atoms with E-state index in [2.05, 4.69) is 28.6 Å². The van der Waals surface area contributed by atoms with Crippen molar-refractivity contribution >= 4 is 23.1 Å². The third kappa shape index (κ3) is 2.69. The van der Waals surface area contributed by atoms with Crippen molar-refractivity contribution in [3.8, 4) is 0 Å². The van der Waals surface area contributed by atoms with Crippen LogP contribution in [0.4, 0.5) is 4.39 Å². The molecule has 3 rings (SSSR count). The molecule has 2 aromatic rings. The van der Waals surface area contributed by atoms with Crippen LogP contribution in [0, 0.1) is 10.3 Å². The van der Waals surface area contributed by atoms with E-state index in [1.54, 1.807) is 6.07 Å². The third-order valence-corrected chi connectivity index (χ3v) is 4.91. The van der Waals surface area contributed by atoms with E-state index >= 15 is 0 Å². The smallest absolute Gasteiger partial charge is 0.128 e. The molecule has 22 heavy (non-hydrogen) atoms. The number of pyridine rings is 1. The molecule has 1 aromatic heterocycles. The number of hydrogen-bond donors (Lipinski definition) is 1. The molecule has 0 spiro atoms. The minimum Gasteiger partial charge on any atom is -0.348 e. The van der Waals surface area contributed by atoms with E-state index < -0.39 is 0 Å². The fourth-order valence-corrected chi connectivity index (χ4v) is 3.53. The van der Waals surface area contributed by atoms with E-state index in [4.69, 9.17) is 12.2 Å². The van der Waals surface area contributed by atoms with Gasteiger partial charge in [-0.15, -0.1) is 0 Å². The van der Waals surface area contributed by atoms with Gasteiger partial charge in [0, 0.05) is 53.4 Å². The minimum atomic E-state index is -0.153. The van der Waals surface area contributed by atoms with Crippen molar-refractivity contribution in [2.24, 2.45) is 0 Å². The molecule has 1 aliphatic heterocycles. The number of aromatic nitrogens is 1. The normalized spacial score (nSPS) is 19.7. The second-order valence-corrected chi connectivity index (χ2v) is 6.15. The van der Waals surface area contributed by atoms with E-state index in [0.29, 0.717) is 4.51 Å². The number of rotatable bonds is 3. The summed E-state index contributed by atoms with van der Waals surface area (Å²) in [6.45, 7) is 8.70. The van der Waals surface area contributed by atoms with Crippen molar-refractivity contribution in [3.05, 3.63) is 40.3 Å². The van der Waals surface area contributed by atoms with Crippen LogP contribution in [-0.4, -0.2) is 35.6 Å². The molecule has 1 atom stereocenters. The molecule has 1 unspecified atom stereocenters. The number of benzene rings is 1. The zero-order valence-electron chi connectivity index (χ0n) is 13.1. The summed E-state index contributed by atoms with van der Waals surface area (Å²) in [5.41, 5.74) is 1.79. The summed E-state index contributed by atoms with van der Waals surface area (Å²) in [7, 11) is 0. The number of aryl methyl sites for hydroxylation is 1. The van der Waals surface area contributed by atoms with Crippen LogP contribution >= 0.6 is 12.2 Å². The Hall–Kier alpha value is -1.30. The van der Waals surface area contributed by atoms with Gasteiger partial charge in [0.25, 0.3) is 0 Å². The number of fused-ring (bicyclic) bond motifs is 1. The Morgan fingerprint density at radius 2 is 2.14 bits per heavy atom. The highest BCUT2D eigenvalue weighted by molar-refractivity contribution is 7.71. The lowest BCUT2D eigenvalue weighted by molar-refractivity contribution is 0.167. The highest BCUT2D eigenvalue weighted by atomic mass is 32.1. The summed E-state index contributed by atoms with van der Waals surface area (Å²) in [5.74, 6) is -0.153. The number of likely N-dealkylation sites (N-methyl/N-ethyl adjacent to an activating group) is 1. The average molecular weight is 319 g/mol. The van der Waals surface area contributed by atoms with Gasteiger partial charge in [0.1, 0.15) is 5.82 Å². The Balaban J connectivity index is 2.17. The fourth-order valence-electron chi connectivity index (χ4n) is 3.30. The van der Waals surface area contributed by atoms with Crippen molar-refractivity contribution in [1.82, 2.24) is 14.8 Å². The van der Waals surface area contributed by atoms with Crippen molar-refractivity contribution in [2.75, 3.05) is 26.2 Å². The molecular formula is C17H22FN3S. The summed E-state index contributed by atoms with van der Waals surface area (Å²) < 4.78 is 17.6. The van der Waals surface area contributed by atoms with Gasteiger partial charge in [0.2, 0.25) is 0 Å². The summed E-state index contributed by atoms with van der Waals surface area (Å²) in [4.78, 5) is 2.33. The maximum Gasteiger partial charge on any atom is 0.128 e. The van der Waals surface area contributed by atoms with E-state index in [9.17, 15) is 4.39 Å². The predicted octanol–water partition coefficient (Wildman–Crippen LogP) is 3.50. The fraction of sp³-hybridized carbons (Fsp3) is 0.471. The van der Waals surface area contributed by atoms with E-state index in [0.717, 1.165) is 49.2 Å². The van der Waals surface area contributed by atoms with E-state index in [1.807, 2.05) is 18.3 Å². The first-order chi connectivity index (χ1) is 10.7. The van der Waals surface area contributed by atoms with Crippen LogP contribution in [0.1, 0.15) is 25.5 Å². The molecule has 0 radical (unpaired) electrons. The molecule has 0 bridgehead atoms. The standard InChI is InChI=1S/C17H22FN3S/c1-3-20-7-5-17(22)13-9-14(18)12(10-15(13)20)16-11-19-6-8-21(16)4-2/h5,7,9-10,16,19H,3-4,6,8,11H2,1-2H3. The number of piperazine rings is 1. The lowest BCUT2D eigenvalue weighted by Gasteiger charge is -2.36. The Kier molecular flexibility index (Phi) is 4.57. The topological polar surface area (TPSA) is 20.2 Å². The number of nitrogens with zero attached hydrogens (tertiary/aromatic N) is 2. The predicted molar refractivity (Wildman–Crippen MR) is 91.3 cm³/mol. The number of halogens is 1. The van der Waals surface area contributed by atoms with E-state index in [1.165, 1.54) is 0 Å². The van der Waals surface area contributed by atoms with Crippen LogP contribution in [-0.2, 0) is 6.54 Å². The van der Waals surface area contributed by atoms with Gasteiger partial charge in [-0.3, -0.25) is 4.90 Å². The zero-order chi connectivity index (χ0) is 15.7. The van der Waals surface area contributed by atoms with Gasteiger partial charge in [0.05, 0.1) is 6.04 Å². The quantitative estimate of drug-likeness (QED) is 0.875. The van der Waals surface area contributed by atoms with E-state index in [-0.39, 0.29) is 11.9 Å². The zero-order valence-corrected chi connectivity index (χ0v) is 13.9. The highest BCUT2D eigenvalue weighted by Gasteiger charge is 2.25. The van der Waals surface area contributed by atoms with Gasteiger partial charge in [-0.25, -0.2) is 4.39 Å².